The van der Waals surface area contributed by atoms with E-state index in [-0.39, 0.29) is 23.7 Å². The Hall–Kier alpha value is -4.07. The van der Waals surface area contributed by atoms with Crippen LogP contribution in [-0.4, -0.2) is 36.9 Å². The molecule has 2 aromatic carbocycles. The lowest BCUT2D eigenvalue weighted by atomic mass is 9.92. The van der Waals surface area contributed by atoms with Gasteiger partial charge < -0.3 is 15.2 Å². The van der Waals surface area contributed by atoms with Crippen molar-refractivity contribution in [1.82, 2.24) is 24.4 Å². The number of halogens is 1. The van der Waals surface area contributed by atoms with Crippen LogP contribution < -0.4 is 5.73 Å². The van der Waals surface area contributed by atoms with E-state index in [1.807, 2.05) is 46.9 Å². The van der Waals surface area contributed by atoms with Crippen LogP contribution in [0, 0.1) is 12.7 Å². The van der Waals surface area contributed by atoms with Crippen molar-refractivity contribution in [2.75, 3.05) is 12.3 Å². The lowest BCUT2D eigenvalue weighted by molar-refractivity contribution is 0.0605. The minimum absolute atomic E-state index is 0.0368. The van der Waals surface area contributed by atoms with E-state index in [4.69, 9.17) is 5.73 Å². The fraction of sp³-hybridized carbons (Fsp3) is 0.259. The van der Waals surface area contributed by atoms with Crippen molar-refractivity contribution in [2.24, 2.45) is 0 Å². The number of nitrogens with zero attached hydrogens (tertiary/aromatic N) is 5. The smallest absolute Gasteiger partial charge is 0.254 e. The highest BCUT2D eigenvalue weighted by Crippen LogP contribution is 2.37. The van der Waals surface area contributed by atoms with Gasteiger partial charge in [0.15, 0.2) is 0 Å². The highest BCUT2D eigenvalue weighted by Gasteiger charge is 2.32. The summed E-state index contributed by atoms with van der Waals surface area (Å²) >= 11 is 0. The SMILES string of the molecule is Cc1nccn1Cc1ccccc1C(=O)N1CCCC[C@@H]1c1nc(N)ncc1-c1ccc(F)cc1. The van der Waals surface area contributed by atoms with Crippen LogP contribution in [0.4, 0.5) is 10.3 Å². The van der Waals surface area contributed by atoms with E-state index in [0.29, 0.717) is 24.3 Å². The fourth-order valence-corrected chi connectivity index (χ4v) is 4.75. The molecule has 1 aliphatic heterocycles. The molecular formula is C27H27FN6O. The Morgan fingerprint density at radius 2 is 1.91 bits per heavy atom. The van der Waals surface area contributed by atoms with Gasteiger partial charge in [0.25, 0.3) is 5.91 Å². The highest BCUT2D eigenvalue weighted by molar-refractivity contribution is 5.96. The summed E-state index contributed by atoms with van der Waals surface area (Å²) in [6.07, 6.45) is 7.99. The van der Waals surface area contributed by atoms with Gasteiger partial charge in [-0.1, -0.05) is 30.3 Å². The second-order valence-electron chi connectivity index (χ2n) is 8.80. The number of aromatic nitrogens is 4. The molecule has 5 rings (SSSR count). The third-order valence-corrected chi connectivity index (χ3v) is 6.58. The Morgan fingerprint density at radius 1 is 1.11 bits per heavy atom. The Morgan fingerprint density at radius 3 is 2.69 bits per heavy atom. The number of aryl methyl sites for hydroxylation is 1. The topological polar surface area (TPSA) is 89.9 Å². The van der Waals surface area contributed by atoms with Gasteiger partial charge in [0, 0.05) is 42.8 Å². The summed E-state index contributed by atoms with van der Waals surface area (Å²) in [4.78, 5) is 28.9. The van der Waals surface area contributed by atoms with Crippen LogP contribution in [0.5, 0.6) is 0 Å². The molecular weight excluding hydrogens is 443 g/mol. The summed E-state index contributed by atoms with van der Waals surface area (Å²) < 4.78 is 15.6. The minimum atomic E-state index is -0.314. The fourth-order valence-electron chi connectivity index (χ4n) is 4.75. The number of hydrogen-bond donors (Lipinski definition) is 1. The van der Waals surface area contributed by atoms with Gasteiger partial charge in [-0.05, 0) is 55.5 Å². The van der Waals surface area contributed by atoms with Gasteiger partial charge in [-0.2, -0.15) is 0 Å². The number of likely N-dealkylation sites (tertiary alicyclic amines) is 1. The zero-order valence-electron chi connectivity index (χ0n) is 19.6. The van der Waals surface area contributed by atoms with Gasteiger partial charge in [-0.15, -0.1) is 0 Å². The van der Waals surface area contributed by atoms with Gasteiger partial charge in [0.2, 0.25) is 5.95 Å². The number of benzene rings is 2. The van der Waals surface area contributed by atoms with Crippen molar-refractivity contribution in [3.8, 4) is 11.1 Å². The van der Waals surface area contributed by atoms with Crippen molar-refractivity contribution in [1.29, 1.82) is 0 Å². The maximum atomic E-state index is 14.0. The molecule has 1 fully saturated rings. The van der Waals surface area contributed by atoms with Gasteiger partial charge in [0.1, 0.15) is 11.6 Å². The molecule has 0 saturated carbocycles. The Bertz CT molecular complexity index is 1350. The molecule has 1 amide bonds. The lowest BCUT2D eigenvalue weighted by Crippen LogP contribution is -2.39. The predicted molar refractivity (Wildman–Crippen MR) is 132 cm³/mol. The summed E-state index contributed by atoms with van der Waals surface area (Å²) in [5, 5.41) is 0. The third-order valence-electron chi connectivity index (χ3n) is 6.58. The van der Waals surface area contributed by atoms with E-state index in [1.54, 1.807) is 24.5 Å². The van der Waals surface area contributed by atoms with E-state index in [0.717, 1.165) is 41.8 Å². The van der Waals surface area contributed by atoms with Crippen molar-refractivity contribution >= 4 is 11.9 Å². The normalized spacial score (nSPS) is 15.8. The van der Waals surface area contributed by atoms with E-state index < -0.39 is 0 Å². The molecule has 7 nitrogen and oxygen atoms in total. The van der Waals surface area contributed by atoms with E-state index in [9.17, 15) is 9.18 Å². The number of carbonyl (C=O) groups excluding carboxylic acids is 1. The van der Waals surface area contributed by atoms with Crippen molar-refractivity contribution in [2.45, 2.75) is 38.8 Å². The van der Waals surface area contributed by atoms with Crippen LogP contribution in [0.15, 0.2) is 67.1 Å². The monoisotopic (exact) mass is 470 g/mol. The van der Waals surface area contributed by atoms with Crippen LogP contribution in [0.1, 0.15) is 52.7 Å². The number of hydrogen-bond acceptors (Lipinski definition) is 5. The molecule has 3 heterocycles. The molecule has 1 aliphatic rings. The van der Waals surface area contributed by atoms with Gasteiger partial charge >= 0.3 is 0 Å². The summed E-state index contributed by atoms with van der Waals surface area (Å²) in [6, 6.07) is 13.7. The second-order valence-corrected chi connectivity index (χ2v) is 8.80. The van der Waals surface area contributed by atoms with Gasteiger partial charge in [-0.25, -0.2) is 19.3 Å². The first-order valence-corrected chi connectivity index (χ1v) is 11.8. The van der Waals surface area contributed by atoms with Crippen LogP contribution in [0.2, 0.25) is 0 Å². The molecule has 1 atom stereocenters. The molecule has 4 aromatic rings. The number of imidazole rings is 1. The van der Waals surface area contributed by atoms with Crippen LogP contribution in [0.3, 0.4) is 0 Å². The molecule has 0 radical (unpaired) electrons. The number of piperidine rings is 1. The molecule has 1 saturated heterocycles. The zero-order valence-corrected chi connectivity index (χ0v) is 19.6. The molecule has 0 aliphatic carbocycles. The van der Waals surface area contributed by atoms with Crippen LogP contribution >= 0.6 is 0 Å². The summed E-state index contributed by atoms with van der Waals surface area (Å²) in [7, 11) is 0. The lowest BCUT2D eigenvalue weighted by Gasteiger charge is -2.36. The summed E-state index contributed by atoms with van der Waals surface area (Å²) in [6.45, 7) is 3.13. The molecule has 0 spiro atoms. The highest BCUT2D eigenvalue weighted by atomic mass is 19.1. The third kappa shape index (κ3) is 4.64. The van der Waals surface area contributed by atoms with E-state index >= 15 is 0 Å². The van der Waals surface area contributed by atoms with Crippen molar-refractivity contribution < 1.29 is 9.18 Å². The quantitative estimate of drug-likeness (QED) is 0.453. The minimum Gasteiger partial charge on any atom is -0.368 e. The van der Waals surface area contributed by atoms with Crippen LogP contribution in [-0.2, 0) is 6.54 Å². The van der Waals surface area contributed by atoms with Gasteiger partial charge in [0.05, 0.1) is 11.7 Å². The Balaban J connectivity index is 1.53. The standard InChI is InChI=1S/C27H27FN6O/c1-18-30-13-15-33(18)17-20-6-2-3-7-22(20)26(35)34-14-5-4-8-24(34)25-23(16-31-27(29)32-25)19-9-11-21(28)12-10-19/h2-3,6-7,9-13,15-16,24H,4-5,8,14,17H2,1H3,(H2,29,31,32)/t24-/m1/s1. The summed E-state index contributed by atoms with van der Waals surface area (Å²) in [5.74, 6) is 0.694. The maximum absolute atomic E-state index is 14.0. The average molecular weight is 471 g/mol. The first-order valence-electron chi connectivity index (χ1n) is 11.8. The molecule has 0 unspecified atom stereocenters. The summed E-state index contributed by atoms with van der Waals surface area (Å²) in [5.41, 5.74) is 9.83. The Labute approximate surface area is 203 Å². The number of amides is 1. The number of rotatable bonds is 5. The van der Waals surface area contributed by atoms with E-state index in [2.05, 4.69) is 15.0 Å². The first kappa shape index (κ1) is 22.7. The molecule has 2 N–H and O–H groups in total. The van der Waals surface area contributed by atoms with Crippen LogP contribution in [0.25, 0.3) is 11.1 Å². The maximum Gasteiger partial charge on any atom is 0.254 e. The van der Waals surface area contributed by atoms with E-state index in [1.165, 1.54) is 12.1 Å². The molecule has 8 heteroatoms. The predicted octanol–water partition coefficient (Wildman–Crippen LogP) is 4.79. The molecule has 178 valence electrons. The average Bonchev–Trinajstić information content (AvgIpc) is 3.28. The van der Waals surface area contributed by atoms with Crippen molar-refractivity contribution in [3.05, 3.63) is 95.6 Å². The van der Waals surface area contributed by atoms with Crippen molar-refractivity contribution in [3.63, 3.8) is 0 Å². The first-order chi connectivity index (χ1) is 17.0. The largest absolute Gasteiger partial charge is 0.368 e. The van der Waals surface area contributed by atoms with Gasteiger partial charge in [-0.3, -0.25) is 4.79 Å². The second kappa shape index (κ2) is 9.66. The molecule has 35 heavy (non-hydrogen) atoms. The molecule has 2 aromatic heterocycles. The number of carbonyl (C=O) groups is 1. The molecule has 0 bridgehead atoms. The zero-order chi connectivity index (χ0) is 24.4. The number of anilines is 1. The number of nitrogens with two attached hydrogens (primary N) is 1. The Kier molecular flexibility index (Phi) is 6.27. The number of nitrogen functional groups attached to an aromatic ring is 1.